The highest BCUT2D eigenvalue weighted by molar-refractivity contribution is 5.93. The zero-order valence-corrected chi connectivity index (χ0v) is 17.7. The highest BCUT2D eigenvalue weighted by Gasteiger charge is 2.23. The molecule has 0 aliphatic carbocycles. The van der Waals surface area contributed by atoms with Crippen LogP contribution in [0.25, 0.3) is 0 Å². The first-order chi connectivity index (χ1) is 15.2. The molecule has 1 fully saturated rings. The van der Waals surface area contributed by atoms with Crippen molar-refractivity contribution in [2.24, 2.45) is 0 Å². The molecular weight excluding hydrogens is 392 g/mol. The van der Waals surface area contributed by atoms with E-state index in [1.165, 1.54) is 0 Å². The van der Waals surface area contributed by atoms with Crippen LogP contribution < -0.4 is 10.1 Å². The van der Waals surface area contributed by atoms with Crippen molar-refractivity contribution in [1.29, 1.82) is 0 Å². The number of ether oxygens (including phenoxy) is 2. The molecular formula is C24H28N4O3. The van der Waals surface area contributed by atoms with Gasteiger partial charge in [0, 0.05) is 25.8 Å². The zero-order chi connectivity index (χ0) is 21.5. The van der Waals surface area contributed by atoms with Gasteiger partial charge in [0.15, 0.2) is 0 Å². The quantitative estimate of drug-likeness (QED) is 0.607. The van der Waals surface area contributed by atoms with Gasteiger partial charge >= 0.3 is 0 Å². The lowest BCUT2D eigenvalue weighted by Gasteiger charge is -2.35. The number of carbonyl (C=O) groups is 1. The van der Waals surface area contributed by atoms with Gasteiger partial charge in [0.05, 0.1) is 44.7 Å². The summed E-state index contributed by atoms with van der Waals surface area (Å²) in [6.45, 7) is 4.22. The van der Waals surface area contributed by atoms with E-state index in [-0.39, 0.29) is 11.9 Å². The van der Waals surface area contributed by atoms with Crippen LogP contribution in [0.5, 0.6) is 5.75 Å². The molecule has 1 aliphatic heterocycles. The van der Waals surface area contributed by atoms with Crippen molar-refractivity contribution in [1.82, 2.24) is 20.0 Å². The monoisotopic (exact) mass is 420 g/mol. The van der Waals surface area contributed by atoms with Gasteiger partial charge in [0.1, 0.15) is 5.75 Å². The Hall–Kier alpha value is -3.16. The fourth-order valence-corrected chi connectivity index (χ4v) is 3.80. The van der Waals surface area contributed by atoms with Crippen LogP contribution in [0.4, 0.5) is 0 Å². The van der Waals surface area contributed by atoms with Crippen LogP contribution in [-0.2, 0) is 11.3 Å². The first kappa shape index (κ1) is 21.1. The van der Waals surface area contributed by atoms with Crippen molar-refractivity contribution < 1.29 is 14.3 Å². The van der Waals surface area contributed by atoms with Crippen LogP contribution >= 0.6 is 0 Å². The zero-order valence-electron chi connectivity index (χ0n) is 17.7. The minimum absolute atomic E-state index is 0.0677. The van der Waals surface area contributed by atoms with Crippen LogP contribution in [0.1, 0.15) is 27.5 Å². The molecule has 0 saturated carbocycles. The number of rotatable bonds is 8. The number of carbonyl (C=O) groups excluding carboxylic acids is 1. The first-order valence-corrected chi connectivity index (χ1v) is 10.5. The molecule has 31 heavy (non-hydrogen) atoms. The summed E-state index contributed by atoms with van der Waals surface area (Å²) in [6.07, 6.45) is 3.41. The van der Waals surface area contributed by atoms with Gasteiger partial charge in [-0.25, -0.2) is 0 Å². The molecule has 2 heterocycles. The van der Waals surface area contributed by atoms with Crippen molar-refractivity contribution in [3.8, 4) is 5.75 Å². The standard InChI is InChI=1S/C24H28N4O3/c1-30-22-9-7-20(8-10-22)23(27-11-13-31-14-12-27)16-25-24(29)21-15-26-28(18-21)17-19-5-3-2-4-6-19/h2-10,15,18,23H,11-14,16-17H2,1H3,(H,25,29). The van der Waals surface area contributed by atoms with Crippen LogP contribution in [0.3, 0.4) is 0 Å². The summed E-state index contributed by atoms with van der Waals surface area (Å²) in [5.41, 5.74) is 2.85. The molecule has 1 aliphatic rings. The minimum Gasteiger partial charge on any atom is -0.497 e. The van der Waals surface area contributed by atoms with E-state index in [2.05, 4.69) is 27.4 Å². The molecule has 7 nitrogen and oxygen atoms in total. The third kappa shape index (κ3) is 5.51. The van der Waals surface area contributed by atoms with Gasteiger partial charge in [0.2, 0.25) is 0 Å². The molecule has 2 aromatic carbocycles. The van der Waals surface area contributed by atoms with E-state index in [1.807, 2.05) is 42.5 Å². The Morgan fingerprint density at radius 1 is 1.13 bits per heavy atom. The molecule has 162 valence electrons. The van der Waals surface area contributed by atoms with Crippen LogP contribution in [0.15, 0.2) is 67.0 Å². The number of nitrogens with zero attached hydrogens (tertiary/aromatic N) is 3. The second-order valence-corrected chi connectivity index (χ2v) is 7.56. The van der Waals surface area contributed by atoms with E-state index in [4.69, 9.17) is 9.47 Å². The van der Waals surface area contributed by atoms with Gasteiger partial charge in [0.25, 0.3) is 5.91 Å². The number of amides is 1. The fraction of sp³-hybridized carbons (Fsp3) is 0.333. The van der Waals surface area contributed by atoms with Gasteiger partial charge in [-0.2, -0.15) is 5.10 Å². The maximum Gasteiger partial charge on any atom is 0.254 e. The molecule has 1 amide bonds. The van der Waals surface area contributed by atoms with Gasteiger partial charge < -0.3 is 14.8 Å². The molecule has 3 aromatic rings. The topological polar surface area (TPSA) is 68.6 Å². The summed E-state index contributed by atoms with van der Waals surface area (Å²) in [7, 11) is 1.66. The molecule has 0 bridgehead atoms. The number of nitrogens with one attached hydrogen (secondary N) is 1. The normalized spacial score (nSPS) is 15.4. The number of morpholine rings is 1. The van der Waals surface area contributed by atoms with Gasteiger partial charge in [-0.15, -0.1) is 0 Å². The second kappa shape index (κ2) is 10.2. The Balaban J connectivity index is 1.42. The third-order valence-electron chi connectivity index (χ3n) is 5.53. The molecule has 1 unspecified atom stereocenters. The van der Waals surface area contributed by atoms with E-state index < -0.39 is 0 Å². The highest BCUT2D eigenvalue weighted by atomic mass is 16.5. The molecule has 1 saturated heterocycles. The average Bonchev–Trinajstić information content (AvgIpc) is 3.29. The van der Waals surface area contributed by atoms with Crippen LogP contribution in [0, 0.1) is 0 Å². The maximum atomic E-state index is 12.8. The van der Waals surface area contributed by atoms with E-state index in [0.29, 0.717) is 31.9 Å². The molecule has 1 N–H and O–H groups in total. The van der Waals surface area contributed by atoms with E-state index >= 15 is 0 Å². The number of aromatic nitrogens is 2. The molecule has 1 aromatic heterocycles. The van der Waals surface area contributed by atoms with Crippen molar-refractivity contribution in [2.75, 3.05) is 40.0 Å². The number of hydrogen-bond donors (Lipinski definition) is 1. The minimum atomic E-state index is -0.119. The van der Waals surface area contributed by atoms with Crippen molar-refractivity contribution in [3.63, 3.8) is 0 Å². The lowest BCUT2D eigenvalue weighted by atomic mass is 10.0. The Kier molecular flexibility index (Phi) is 6.96. The van der Waals surface area contributed by atoms with Crippen LogP contribution in [-0.4, -0.2) is 60.5 Å². The van der Waals surface area contributed by atoms with E-state index in [1.54, 1.807) is 24.2 Å². The smallest absolute Gasteiger partial charge is 0.254 e. The summed E-state index contributed by atoms with van der Waals surface area (Å²) in [6, 6.07) is 18.2. The summed E-state index contributed by atoms with van der Waals surface area (Å²) >= 11 is 0. The second-order valence-electron chi connectivity index (χ2n) is 7.56. The first-order valence-electron chi connectivity index (χ1n) is 10.5. The van der Waals surface area contributed by atoms with Gasteiger partial charge in [-0.3, -0.25) is 14.4 Å². The molecule has 1 atom stereocenters. The van der Waals surface area contributed by atoms with Crippen molar-refractivity contribution >= 4 is 5.91 Å². The summed E-state index contributed by atoms with van der Waals surface area (Å²) in [4.78, 5) is 15.2. The Labute approximate surface area is 182 Å². The number of benzene rings is 2. The maximum absolute atomic E-state index is 12.8. The summed E-state index contributed by atoms with van der Waals surface area (Å²) in [5, 5.41) is 7.44. The highest BCUT2D eigenvalue weighted by Crippen LogP contribution is 2.23. The third-order valence-corrected chi connectivity index (χ3v) is 5.53. The van der Waals surface area contributed by atoms with Crippen molar-refractivity contribution in [2.45, 2.75) is 12.6 Å². The van der Waals surface area contributed by atoms with E-state index in [0.717, 1.165) is 30.0 Å². The SMILES string of the molecule is COc1ccc(C(CNC(=O)c2cnn(Cc3ccccc3)c2)N2CCOCC2)cc1. The van der Waals surface area contributed by atoms with Gasteiger partial charge in [-0.05, 0) is 23.3 Å². The van der Waals surface area contributed by atoms with Crippen molar-refractivity contribution in [3.05, 3.63) is 83.7 Å². The van der Waals surface area contributed by atoms with E-state index in [9.17, 15) is 4.79 Å². The summed E-state index contributed by atoms with van der Waals surface area (Å²) in [5.74, 6) is 0.699. The lowest BCUT2D eigenvalue weighted by Crippen LogP contribution is -2.43. The Bertz CT molecular complexity index is 966. The van der Waals surface area contributed by atoms with Crippen LogP contribution in [0.2, 0.25) is 0 Å². The number of methoxy groups -OCH3 is 1. The lowest BCUT2D eigenvalue weighted by molar-refractivity contribution is 0.0162. The summed E-state index contributed by atoms with van der Waals surface area (Å²) < 4.78 is 12.6. The predicted octanol–water partition coefficient (Wildman–Crippen LogP) is 2.74. The van der Waals surface area contributed by atoms with Gasteiger partial charge in [-0.1, -0.05) is 42.5 Å². The fourth-order valence-electron chi connectivity index (χ4n) is 3.80. The molecule has 7 heteroatoms. The Morgan fingerprint density at radius 2 is 1.87 bits per heavy atom. The predicted molar refractivity (Wildman–Crippen MR) is 118 cm³/mol. The average molecular weight is 421 g/mol. The molecule has 4 rings (SSSR count). The largest absolute Gasteiger partial charge is 0.497 e. The molecule has 0 radical (unpaired) electrons. The molecule has 0 spiro atoms. The number of hydrogen-bond acceptors (Lipinski definition) is 5. The Morgan fingerprint density at radius 3 is 2.58 bits per heavy atom.